The number of ketones is 1. The summed E-state index contributed by atoms with van der Waals surface area (Å²) in [6, 6.07) is 5.09. The molecule has 0 bridgehead atoms. The van der Waals surface area contributed by atoms with Crippen molar-refractivity contribution in [3.05, 3.63) is 35.1 Å². The molecule has 0 amide bonds. The van der Waals surface area contributed by atoms with Gasteiger partial charge in [0, 0.05) is 5.92 Å². The summed E-state index contributed by atoms with van der Waals surface area (Å²) >= 11 is 0. The molecule has 1 aromatic carbocycles. The quantitative estimate of drug-likeness (QED) is 0.709. The summed E-state index contributed by atoms with van der Waals surface area (Å²) in [5.74, 6) is 0.786. The molecule has 1 saturated carbocycles. The maximum absolute atomic E-state index is 14.0. The Balaban J connectivity index is 2.23. The number of carbonyl (C=O) groups is 1. The number of hydrogen-bond donors (Lipinski definition) is 0. The molecule has 0 aromatic heterocycles. The number of carbonyl (C=O) groups excluding carboxylic acids is 1. The first kappa shape index (κ1) is 13.3. The number of Topliss-reactive ketones (excluding diaryl/α,β-unsaturated/α-hetero) is 1. The summed E-state index contributed by atoms with van der Waals surface area (Å²) < 4.78 is 14.0. The van der Waals surface area contributed by atoms with Crippen LogP contribution >= 0.6 is 0 Å². The zero-order valence-electron chi connectivity index (χ0n) is 11.4. The number of rotatable bonds is 2. The smallest absolute Gasteiger partial charge is 0.168 e. The molecule has 1 aromatic rings. The minimum Gasteiger partial charge on any atom is -0.294 e. The third kappa shape index (κ3) is 2.63. The first-order valence-electron chi connectivity index (χ1n) is 6.78. The van der Waals surface area contributed by atoms with Crippen LogP contribution in [0.1, 0.15) is 49.0 Å². The molecule has 0 saturated heterocycles. The van der Waals surface area contributed by atoms with Gasteiger partial charge in [-0.2, -0.15) is 0 Å². The maximum Gasteiger partial charge on any atom is 0.168 e. The highest BCUT2D eigenvalue weighted by molar-refractivity contribution is 5.98. The van der Waals surface area contributed by atoms with Crippen molar-refractivity contribution in [1.29, 1.82) is 0 Å². The minimum atomic E-state index is -0.339. The minimum absolute atomic E-state index is 0.0000463. The van der Waals surface area contributed by atoms with E-state index in [1.54, 1.807) is 25.1 Å². The lowest BCUT2D eigenvalue weighted by Gasteiger charge is -2.30. The fraction of sp³-hybridized carbons (Fsp3) is 0.562. The molecule has 0 radical (unpaired) electrons. The summed E-state index contributed by atoms with van der Waals surface area (Å²) in [7, 11) is 0. The van der Waals surface area contributed by atoms with Gasteiger partial charge < -0.3 is 0 Å². The lowest BCUT2D eigenvalue weighted by atomic mass is 9.74. The third-order valence-corrected chi connectivity index (χ3v) is 4.01. The Labute approximate surface area is 108 Å². The predicted molar refractivity (Wildman–Crippen MR) is 71.1 cm³/mol. The van der Waals surface area contributed by atoms with Gasteiger partial charge in [-0.15, -0.1) is 0 Å². The molecule has 18 heavy (non-hydrogen) atoms. The Morgan fingerprint density at radius 2 is 1.78 bits per heavy atom. The zero-order chi connectivity index (χ0) is 13.3. The molecule has 0 heterocycles. The van der Waals surface area contributed by atoms with Gasteiger partial charge in [0.25, 0.3) is 0 Å². The second-order valence-electron chi connectivity index (χ2n) is 5.92. The van der Waals surface area contributed by atoms with E-state index in [1.807, 2.05) is 0 Å². The highest BCUT2D eigenvalue weighted by atomic mass is 19.1. The Morgan fingerprint density at radius 3 is 2.39 bits per heavy atom. The van der Waals surface area contributed by atoms with E-state index in [0.29, 0.717) is 17.4 Å². The van der Waals surface area contributed by atoms with E-state index < -0.39 is 0 Å². The van der Waals surface area contributed by atoms with Crippen LogP contribution in [-0.2, 0) is 0 Å². The Hall–Kier alpha value is -1.18. The van der Waals surface area contributed by atoms with Crippen LogP contribution < -0.4 is 0 Å². The highest BCUT2D eigenvalue weighted by Gasteiger charge is 2.30. The van der Waals surface area contributed by atoms with Crippen molar-refractivity contribution in [2.75, 3.05) is 0 Å². The SMILES string of the molecule is Cc1cccc(C(=O)C2CC(C)CC(C)C2)c1F. The van der Waals surface area contributed by atoms with Gasteiger partial charge in [0.05, 0.1) is 5.56 Å². The van der Waals surface area contributed by atoms with Crippen LogP contribution in [0.15, 0.2) is 18.2 Å². The topological polar surface area (TPSA) is 17.1 Å². The standard InChI is InChI=1S/C16H21FO/c1-10-7-11(2)9-13(8-10)16(18)14-6-4-5-12(3)15(14)17/h4-6,10-11,13H,7-9H2,1-3H3. The lowest BCUT2D eigenvalue weighted by Crippen LogP contribution is -2.26. The summed E-state index contributed by atoms with van der Waals surface area (Å²) in [6.07, 6.45) is 2.98. The number of halogens is 1. The van der Waals surface area contributed by atoms with Crippen LogP contribution in [-0.4, -0.2) is 5.78 Å². The summed E-state index contributed by atoms with van der Waals surface area (Å²) in [5, 5.41) is 0. The molecule has 0 spiro atoms. The van der Waals surface area contributed by atoms with Gasteiger partial charge in [-0.1, -0.05) is 26.0 Å². The van der Waals surface area contributed by atoms with Gasteiger partial charge in [0.2, 0.25) is 0 Å². The fourth-order valence-electron chi connectivity index (χ4n) is 3.22. The molecule has 2 heteroatoms. The molecule has 2 rings (SSSR count). The molecule has 0 N–H and O–H groups in total. The van der Waals surface area contributed by atoms with Crippen molar-refractivity contribution in [1.82, 2.24) is 0 Å². The van der Waals surface area contributed by atoms with Crippen LogP contribution in [0.25, 0.3) is 0 Å². The summed E-state index contributed by atoms with van der Waals surface area (Å²) in [6.45, 7) is 6.07. The Morgan fingerprint density at radius 1 is 1.17 bits per heavy atom. The molecule has 98 valence electrons. The molecule has 2 unspecified atom stereocenters. The first-order chi connectivity index (χ1) is 8.49. The Bertz CT molecular complexity index is 442. The molecule has 1 aliphatic rings. The summed E-state index contributed by atoms with van der Waals surface area (Å²) in [5.41, 5.74) is 0.832. The number of benzene rings is 1. The molecule has 0 aliphatic heterocycles. The van der Waals surface area contributed by atoms with Gasteiger partial charge in [-0.05, 0) is 49.7 Å². The van der Waals surface area contributed by atoms with Crippen LogP contribution in [0, 0.1) is 30.5 Å². The largest absolute Gasteiger partial charge is 0.294 e. The van der Waals surface area contributed by atoms with Crippen molar-refractivity contribution in [3.8, 4) is 0 Å². The van der Waals surface area contributed by atoms with E-state index in [2.05, 4.69) is 13.8 Å². The van der Waals surface area contributed by atoms with E-state index >= 15 is 0 Å². The zero-order valence-corrected chi connectivity index (χ0v) is 11.4. The summed E-state index contributed by atoms with van der Waals surface area (Å²) in [4.78, 5) is 12.4. The van der Waals surface area contributed by atoms with Gasteiger partial charge in [-0.25, -0.2) is 4.39 Å². The number of hydrogen-bond acceptors (Lipinski definition) is 1. The fourth-order valence-corrected chi connectivity index (χ4v) is 3.22. The third-order valence-electron chi connectivity index (χ3n) is 4.01. The molecular weight excluding hydrogens is 227 g/mol. The lowest BCUT2D eigenvalue weighted by molar-refractivity contribution is 0.0831. The molecule has 1 aliphatic carbocycles. The van der Waals surface area contributed by atoms with E-state index in [9.17, 15) is 9.18 Å². The van der Waals surface area contributed by atoms with E-state index in [1.165, 1.54) is 6.42 Å². The van der Waals surface area contributed by atoms with Crippen molar-refractivity contribution in [3.63, 3.8) is 0 Å². The maximum atomic E-state index is 14.0. The highest BCUT2D eigenvalue weighted by Crippen LogP contribution is 2.35. The van der Waals surface area contributed by atoms with Crippen molar-refractivity contribution < 1.29 is 9.18 Å². The normalized spacial score (nSPS) is 28.1. The van der Waals surface area contributed by atoms with E-state index in [4.69, 9.17) is 0 Å². The van der Waals surface area contributed by atoms with E-state index in [0.717, 1.165) is 12.8 Å². The second kappa shape index (κ2) is 5.21. The van der Waals surface area contributed by atoms with Crippen molar-refractivity contribution in [2.45, 2.75) is 40.0 Å². The van der Waals surface area contributed by atoms with Gasteiger partial charge in [-0.3, -0.25) is 4.79 Å². The first-order valence-corrected chi connectivity index (χ1v) is 6.78. The van der Waals surface area contributed by atoms with Gasteiger partial charge in [0.15, 0.2) is 5.78 Å². The second-order valence-corrected chi connectivity index (χ2v) is 5.92. The predicted octanol–water partition coefficient (Wildman–Crippen LogP) is 4.39. The van der Waals surface area contributed by atoms with Crippen LogP contribution in [0.5, 0.6) is 0 Å². The molecule has 1 nitrogen and oxygen atoms in total. The van der Waals surface area contributed by atoms with Crippen LogP contribution in [0.4, 0.5) is 4.39 Å². The molecular formula is C16H21FO. The van der Waals surface area contributed by atoms with E-state index in [-0.39, 0.29) is 23.1 Å². The monoisotopic (exact) mass is 248 g/mol. The van der Waals surface area contributed by atoms with Crippen LogP contribution in [0.3, 0.4) is 0 Å². The molecule has 2 atom stereocenters. The van der Waals surface area contributed by atoms with Crippen LogP contribution in [0.2, 0.25) is 0 Å². The van der Waals surface area contributed by atoms with Gasteiger partial charge in [0.1, 0.15) is 5.82 Å². The average molecular weight is 248 g/mol. The average Bonchev–Trinajstić information content (AvgIpc) is 2.30. The van der Waals surface area contributed by atoms with Crippen molar-refractivity contribution in [2.24, 2.45) is 17.8 Å². The van der Waals surface area contributed by atoms with Crippen molar-refractivity contribution >= 4 is 5.78 Å². The Kier molecular flexibility index (Phi) is 3.84. The molecule has 1 fully saturated rings. The number of aryl methyl sites for hydroxylation is 1. The van der Waals surface area contributed by atoms with Gasteiger partial charge >= 0.3 is 0 Å².